The van der Waals surface area contributed by atoms with Crippen molar-refractivity contribution in [2.75, 3.05) is 4.90 Å². The van der Waals surface area contributed by atoms with Crippen molar-refractivity contribution in [1.82, 2.24) is 0 Å². The summed E-state index contributed by atoms with van der Waals surface area (Å²) in [6.07, 6.45) is 0. The van der Waals surface area contributed by atoms with E-state index in [-0.39, 0.29) is 0 Å². The topological polar surface area (TPSA) is 3.24 Å². The molecule has 170 valence electrons. The largest absolute Gasteiger partial charge is 0.311 e. The second-order valence-corrected chi connectivity index (χ2v) is 14.8. The van der Waals surface area contributed by atoms with Crippen molar-refractivity contribution in [3.05, 3.63) is 127 Å². The fraction of sp³-hybridized carbons (Fsp3) is 0.0625. The van der Waals surface area contributed by atoms with Crippen LogP contribution >= 0.6 is 11.8 Å². The SMILES string of the molecule is C[Si]1(C)c2ccccc2Sc2c(-c3ccc(N(c4ccccc4)c4ccccc4)cc3)cccc21. The van der Waals surface area contributed by atoms with Crippen LogP contribution in [-0.2, 0) is 0 Å². The fourth-order valence-corrected chi connectivity index (χ4v) is 10.7. The Bertz CT molecular complexity index is 1440. The number of anilines is 3. The van der Waals surface area contributed by atoms with E-state index in [1.165, 1.54) is 26.1 Å². The molecule has 35 heavy (non-hydrogen) atoms. The highest BCUT2D eigenvalue weighted by Gasteiger charge is 2.35. The summed E-state index contributed by atoms with van der Waals surface area (Å²) in [5.41, 5.74) is 6.07. The maximum atomic E-state index is 2.48. The lowest BCUT2D eigenvalue weighted by Gasteiger charge is -2.34. The van der Waals surface area contributed by atoms with Gasteiger partial charge in [-0.3, -0.25) is 0 Å². The minimum atomic E-state index is -1.74. The summed E-state index contributed by atoms with van der Waals surface area (Å²) in [4.78, 5) is 5.16. The molecule has 0 aliphatic carbocycles. The number of para-hydroxylation sites is 2. The van der Waals surface area contributed by atoms with Gasteiger partial charge >= 0.3 is 0 Å². The van der Waals surface area contributed by atoms with Crippen LogP contribution in [0, 0.1) is 0 Å². The van der Waals surface area contributed by atoms with Crippen LogP contribution in [0.1, 0.15) is 0 Å². The molecule has 0 saturated carbocycles. The second kappa shape index (κ2) is 8.92. The first-order valence-corrected chi connectivity index (χ1v) is 15.9. The molecule has 1 nitrogen and oxygen atoms in total. The normalized spacial score (nSPS) is 13.5. The van der Waals surface area contributed by atoms with Crippen molar-refractivity contribution in [3.8, 4) is 11.1 Å². The number of rotatable bonds is 4. The van der Waals surface area contributed by atoms with Crippen LogP contribution < -0.4 is 15.3 Å². The van der Waals surface area contributed by atoms with E-state index in [1.807, 2.05) is 11.8 Å². The van der Waals surface area contributed by atoms with Crippen LogP contribution in [0.4, 0.5) is 17.1 Å². The Labute approximate surface area is 213 Å². The summed E-state index contributed by atoms with van der Waals surface area (Å²) in [5, 5.41) is 3.09. The molecule has 0 amide bonds. The monoisotopic (exact) mass is 485 g/mol. The van der Waals surface area contributed by atoms with E-state index in [1.54, 1.807) is 5.19 Å². The molecule has 0 atom stereocenters. The standard InChI is InChI=1S/C32H27NSSi/c1-35(2)30-18-10-9-17-29(30)34-32-28(16-11-19-31(32)35)24-20-22-27(23-21-24)33(25-12-5-3-6-13-25)26-14-7-4-8-15-26/h3-23H,1-2H3. The summed E-state index contributed by atoms with van der Waals surface area (Å²) in [7, 11) is -1.74. The van der Waals surface area contributed by atoms with E-state index < -0.39 is 8.07 Å². The highest BCUT2D eigenvalue weighted by molar-refractivity contribution is 8.00. The molecule has 5 aromatic carbocycles. The molecule has 0 unspecified atom stereocenters. The van der Waals surface area contributed by atoms with Crippen LogP contribution in [0.25, 0.3) is 11.1 Å². The van der Waals surface area contributed by atoms with Gasteiger partial charge in [-0.05, 0) is 64.0 Å². The van der Waals surface area contributed by atoms with E-state index in [9.17, 15) is 0 Å². The predicted molar refractivity (Wildman–Crippen MR) is 154 cm³/mol. The molecule has 0 spiro atoms. The molecule has 6 rings (SSSR count). The average molecular weight is 486 g/mol. The van der Waals surface area contributed by atoms with Crippen molar-refractivity contribution < 1.29 is 0 Å². The van der Waals surface area contributed by atoms with Crippen molar-refractivity contribution in [2.45, 2.75) is 22.9 Å². The lowest BCUT2D eigenvalue weighted by atomic mass is 10.0. The Morgan fingerprint density at radius 3 is 1.71 bits per heavy atom. The zero-order chi connectivity index (χ0) is 23.8. The molecular formula is C32H27NSSi. The van der Waals surface area contributed by atoms with Crippen molar-refractivity contribution >= 4 is 47.3 Å². The first kappa shape index (κ1) is 22.0. The molecule has 0 radical (unpaired) electrons. The van der Waals surface area contributed by atoms with Crippen LogP contribution in [0.15, 0.2) is 137 Å². The Kier molecular flexibility index (Phi) is 5.60. The van der Waals surface area contributed by atoms with E-state index in [0.29, 0.717) is 0 Å². The van der Waals surface area contributed by atoms with Gasteiger partial charge < -0.3 is 4.90 Å². The molecule has 0 aromatic heterocycles. The highest BCUT2D eigenvalue weighted by Crippen LogP contribution is 2.40. The molecule has 5 aromatic rings. The number of benzene rings is 5. The van der Waals surface area contributed by atoms with E-state index in [4.69, 9.17) is 0 Å². The van der Waals surface area contributed by atoms with Crippen LogP contribution in [-0.4, -0.2) is 8.07 Å². The Hall–Kier alpha value is -3.53. The van der Waals surface area contributed by atoms with Gasteiger partial charge in [0.15, 0.2) is 0 Å². The van der Waals surface area contributed by atoms with Gasteiger partial charge in [-0.2, -0.15) is 0 Å². The van der Waals surface area contributed by atoms with Crippen molar-refractivity contribution in [3.63, 3.8) is 0 Å². The van der Waals surface area contributed by atoms with Gasteiger partial charge in [0.05, 0.1) is 0 Å². The first-order chi connectivity index (χ1) is 17.1. The highest BCUT2D eigenvalue weighted by atomic mass is 32.2. The number of fused-ring (bicyclic) bond motifs is 2. The Balaban J connectivity index is 1.42. The smallest absolute Gasteiger partial charge is 0.115 e. The average Bonchev–Trinajstić information content (AvgIpc) is 2.91. The van der Waals surface area contributed by atoms with E-state index in [0.717, 1.165) is 17.1 Å². The lowest BCUT2D eigenvalue weighted by Crippen LogP contribution is -2.56. The molecule has 0 fully saturated rings. The first-order valence-electron chi connectivity index (χ1n) is 12.0. The minimum absolute atomic E-state index is 1.16. The third-order valence-corrected chi connectivity index (χ3v) is 12.1. The zero-order valence-electron chi connectivity index (χ0n) is 20.0. The molecule has 0 N–H and O–H groups in total. The van der Waals surface area contributed by atoms with Crippen LogP contribution in [0.5, 0.6) is 0 Å². The summed E-state index contributed by atoms with van der Waals surface area (Å²) in [6, 6.07) is 46.1. The zero-order valence-corrected chi connectivity index (χ0v) is 21.8. The van der Waals surface area contributed by atoms with E-state index >= 15 is 0 Å². The summed E-state index contributed by atoms with van der Waals surface area (Å²) < 4.78 is 0. The van der Waals surface area contributed by atoms with Gasteiger partial charge in [0.25, 0.3) is 0 Å². The van der Waals surface area contributed by atoms with Gasteiger partial charge in [0, 0.05) is 26.9 Å². The number of nitrogens with zero attached hydrogens (tertiary/aromatic N) is 1. The Morgan fingerprint density at radius 1 is 0.514 bits per heavy atom. The molecule has 0 bridgehead atoms. The molecule has 1 heterocycles. The third-order valence-electron chi connectivity index (χ3n) is 6.93. The number of hydrogen-bond donors (Lipinski definition) is 0. The second-order valence-electron chi connectivity index (χ2n) is 9.46. The Morgan fingerprint density at radius 2 is 1.06 bits per heavy atom. The number of hydrogen-bond acceptors (Lipinski definition) is 2. The molecular weight excluding hydrogens is 459 g/mol. The summed E-state index contributed by atoms with van der Waals surface area (Å²) in [5.74, 6) is 0. The van der Waals surface area contributed by atoms with E-state index in [2.05, 4.69) is 145 Å². The van der Waals surface area contributed by atoms with Crippen molar-refractivity contribution in [1.29, 1.82) is 0 Å². The van der Waals surface area contributed by atoms with Gasteiger partial charge in [-0.25, -0.2) is 0 Å². The maximum absolute atomic E-state index is 2.48. The van der Waals surface area contributed by atoms with Gasteiger partial charge in [-0.1, -0.05) is 110 Å². The van der Waals surface area contributed by atoms with Gasteiger partial charge in [-0.15, -0.1) is 0 Å². The molecule has 0 saturated heterocycles. The predicted octanol–water partition coefficient (Wildman–Crippen LogP) is 8.11. The molecule has 1 aliphatic heterocycles. The quantitative estimate of drug-likeness (QED) is 0.237. The fourth-order valence-electron chi connectivity index (χ4n) is 5.08. The van der Waals surface area contributed by atoms with Crippen LogP contribution in [0.3, 0.4) is 0 Å². The van der Waals surface area contributed by atoms with Gasteiger partial charge in [0.1, 0.15) is 8.07 Å². The lowest BCUT2D eigenvalue weighted by molar-refractivity contribution is 1.28. The van der Waals surface area contributed by atoms with Crippen molar-refractivity contribution in [2.24, 2.45) is 0 Å². The van der Waals surface area contributed by atoms with Crippen LogP contribution in [0.2, 0.25) is 13.1 Å². The van der Waals surface area contributed by atoms with Gasteiger partial charge in [0.2, 0.25) is 0 Å². The maximum Gasteiger partial charge on any atom is 0.115 e. The third kappa shape index (κ3) is 3.91. The molecule has 3 heteroatoms. The minimum Gasteiger partial charge on any atom is -0.311 e. The molecule has 1 aliphatic rings. The summed E-state index contributed by atoms with van der Waals surface area (Å²) >= 11 is 1.93. The summed E-state index contributed by atoms with van der Waals surface area (Å²) in [6.45, 7) is 4.96.